The summed E-state index contributed by atoms with van der Waals surface area (Å²) in [6.45, 7) is 0. The molecular weight excluding hydrogens is 550 g/mol. The third-order valence-electron chi connectivity index (χ3n) is 6.19. The number of amides is 4. The third kappa shape index (κ3) is 11.9. The largest absolute Gasteiger partial charge is 0.508 e. The fraction of sp³-hybridized carbons (Fsp3) is 0.393. The highest BCUT2D eigenvalue weighted by molar-refractivity contribution is 7.98. The molecule has 41 heavy (non-hydrogen) atoms. The van der Waals surface area contributed by atoms with Gasteiger partial charge in [-0.15, -0.1) is 0 Å². The van der Waals surface area contributed by atoms with Gasteiger partial charge in [-0.1, -0.05) is 42.5 Å². The maximum atomic E-state index is 13.4. The van der Waals surface area contributed by atoms with Crippen molar-refractivity contribution in [3.05, 3.63) is 65.7 Å². The molecule has 0 fully saturated rings. The molecule has 2 aromatic rings. The quantitative estimate of drug-likeness (QED) is 0.133. The lowest BCUT2D eigenvalue weighted by atomic mass is 10.0. The fourth-order valence-electron chi connectivity index (χ4n) is 3.88. The van der Waals surface area contributed by atoms with Gasteiger partial charge >= 0.3 is 5.97 Å². The van der Waals surface area contributed by atoms with E-state index in [4.69, 9.17) is 11.5 Å². The first-order valence-electron chi connectivity index (χ1n) is 13.0. The second-order valence-electron chi connectivity index (χ2n) is 9.48. The van der Waals surface area contributed by atoms with Crippen LogP contribution < -0.4 is 27.4 Å². The third-order valence-corrected chi connectivity index (χ3v) is 6.83. The van der Waals surface area contributed by atoms with Crippen molar-refractivity contribution in [2.75, 3.05) is 12.0 Å². The van der Waals surface area contributed by atoms with Gasteiger partial charge in [-0.2, -0.15) is 11.8 Å². The number of carbonyl (C=O) groups excluding carboxylic acids is 4. The standard InChI is InChI=1S/C28H37N5O7S/c1-41-14-13-20(29)25(36)32-22(15-17-5-3-2-4-6-17)27(38)31-21(11-12-24(30)35)26(37)33-23(28(39)40)16-18-7-9-19(34)10-8-18/h2-10,20-23,34H,11-16,29H2,1H3,(H2,30,35)(H,31,38)(H,32,36)(H,33,37)(H,39,40). The van der Waals surface area contributed by atoms with E-state index in [1.807, 2.05) is 6.26 Å². The van der Waals surface area contributed by atoms with E-state index in [9.17, 15) is 34.2 Å². The van der Waals surface area contributed by atoms with E-state index >= 15 is 0 Å². The number of hydrogen-bond donors (Lipinski definition) is 7. The number of carboxylic acid groups (broad SMARTS) is 1. The Bertz CT molecular complexity index is 1180. The first kappa shape index (κ1) is 33.1. The summed E-state index contributed by atoms with van der Waals surface area (Å²) in [7, 11) is 0. The molecule has 0 heterocycles. The number of carboxylic acids is 1. The summed E-state index contributed by atoms with van der Waals surface area (Å²) in [6, 6.07) is 10.1. The van der Waals surface area contributed by atoms with Crippen molar-refractivity contribution < 1.29 is 34.2 Å². The van der Waals surface area contributed by atoms with Gasteiger partial charge in [-0.05, 0) is 48.1 Å². The Hall–Kier alpha value is -4.10. The molecule has 2 rings (SSSR count). The number of aromatic hydroxyl groups is 1. The van der Waals surface area contributed by atoms with Crippen LogP contribution in [0.3, 0.4) is 0 Å². The minimum absolute atomic E-state index is 0.00115. The number of thioether (sulfide) groups is 1. The van der Waals surface area contributed by atoms with Crippen LogP contribution in [0.4, 0.5) is 0 Å². The van der Waals surface area contributed by atoms with Crippen molar-refractivity contribution in [3.8, 4) is 5.75 Å². The first-order valence-corrected chi connectivity index (χ1v) is 14.4. The molecule has 0 aliphatic rings. The number of phenols is 1. The van der Waals surface area contributed by atoms with Crippen molar-refractivity contribution >= 4 is 41.4 Å². The number of nitrogens with one attached hydrogen (secondary N) is 3. The van der Waals surface area contributed by atoms with Gasteiger partial charge in [-0.25, -0.2) is 4.79 Å². The Morgan fingerprint density at radius 3 is 1.90 bits per heavy atom. The molecule has 4 amide bonds. The fourth-order valence-corrected chi connectivity index (χ4v) is 4.37. The molecule has 12 nitrogen and oxygen atoms in total. The van der Waals surface area contributed by atoms with E-state index in [1.165, 1.54) is 36.0 Å². The van der Waals surface area contributed by atoms with Gasteiger partial charge in [0, 0.05) is 19.3 Å². The predicted octanol–water partition coefficient (Wildman–Crippen LogP) is 0.0623. The highest BCUT2D eigenvalue weighted by Crippen LogP contribution is 2.12. The minimum atomic E-state index is -1.37. The molecule has 9 N–H and O–H groups in total. The molecule has 0 saturated carbocycles. The molecule has 0 aliphatic carbocycles. The van der Waals surface area contributed by atoms with Crippen LogP contribution in [-0.2, 0) is 36.8 Å². The molecule has 13 heteroatoms. The summed E-state index contributed by atoms with van der Waals surface area (Å²) >= 11 is 1.53. The van der Waals surface area contributed by atoms with Crippen molar-refractivity contribution in [1.82, 2.24) is 16.0 Å². The zero-order chi connectivity index (χ0) is 30.4. The molecular formula is C28H37N5O7S. The summed E-state index contributed by atoms with van der Waals surface area (Å²) in [6.07, 6.45) is 1.82. The number of hydrogen-bond acceptors (Lipinski definition) is 8. The van der Waals surface area contributed by atoms with Gasteiger partial charge in [0.25, 0.3) is 0 Å². The van der Waals surface area contributed by atoms with Crippen LogP contribution in [0.5, 0.6) is 5.75 Å². The molecule has 0 bridgehead atoms. The molecule has 0 radical (unpaired) electrons. The van der Waals surface area contributed by atoms with Crippen LogP contribution in [0.2, 0.25) is 0 Å². The van der Waals surface area contributed by atoms with E-state index in [2.05, 4.69) is 16.0 Å². The number of aliphatic carboxylic acids is 1. The van der Waals surface area contributed by atoms with Gasteiger partial charge < -0.3 is 37.6 Å². The zero-order valence-corrected chi connectivity index (χ0v) is 23.6. The molecule has 2 aromatic carbocycles. The smallest absolute Gasteiger partial charge is 0.326 e. The molecule has 4 unspecified atom stereocenters. The molecule has 0 saturated heterocycles. The lowest BCUT2D eigenvalue weighted by Crippen LogP contribution is -2.58. The molecule has 0 aliphatic heterocycles. The monoisotopic (exact) mass is 587 g/mol. The highest BCUT2D eigenvalue weighted by Gasteiger charge is 2.31. The summed E-state index contributed by atoms with van der Waals surface area (Å²) in [5.41, 5.74) is 12.5. The van der Waals surface area contributed by atoms with Crippen molar-refractivity contribution in [2.24, 2.45) is 11.5 Å². The van der Waals surface area contributed by atoms with Crippen molar-refractivity contribution in [2.45, 2.75) is 56.3 Å². The summed E-state index contributed by atoms with van der Waals surface area (Å²) < 4.78 is 0. The van der Waals surface area contributed by atoms with Crippen LogP contribution in [-0.4, -0.2) is 76.0 Å². The second kappa shape index (κ2) is 16.9. The van der Waals surface area contributed by atoms with Gasteiger partial charge in [0.05, 0.1) is 6.04 Å². The Morgan fingerprint density at radius 2 is 1.32 bits per heavy atom. The van der Waals surface area contributed by atoms with E-state index in [-0.39, 0.29) is 31.4 Å². The van der Waals surface area contributed by atoms with E-state index in [1.54, 1.807) is 30.3 Å². The molecule has 0 aromatic heterocycles. The maximum Gasteiger partial charge on any atom is 0.326 e. The van der Waals surface area contributed by atoms with Gasteiger partial charge in [0.15, 0.2) is 0 Å². The Kier molecular flexibility index (Phi) is 13.6. The number of primary amides is 1. The molecule has 0 spiro atoms. The lowest BCUT2D eigenvalue weighted by Gasteiger charge is -2.25. The maximum absolute atomic E-state index is 13.4. The summed E-state index contributed by atoms with van der Waals surface area (Å²) in [5, 5.41) is 26.8. The van der Waals surface area contributed by atoms with E-state index in [0.29, 0.717) is 17.7 Å². The topological polar surface area (TPSA) is 214 Å². The number of phenolic OH excluding ortho intramolecular Hbond substituents is 1. The minimum Gasteiger partial charge on any atom is -0.508 e. The van der Waals surface area contributed by atoms with Crippen LogP contribution in [0.25, 0.3) is 0 Å². The Labute approximate surface area is 242 Å². The summed E-state index contributed by atoms with van der Waals surface area (Å²) in [4.78, 5) is 62.7. The highest BCUT2D eigenvalue weighted by atomic mass is 32.2. The number of nitrogens with two attached hydrogens (primary N) is 2. The normalized spacial score (nSPS) is 13.7. The van der Waals surface area contributed by atoms with Crippen molar-refractivity contribution in [1.29, 1.82) is 0 Å². The second-order valence-corrected chi connectivity index (χ2v) is 10.5. The van der Waals surface area contributed by atoms with Gasteiger partial charge in [0.2, 0.25) is 23.6 Å². The predicted molar refractivity (Wildman–Crippen MR) is 155 cm³/mol. The molecule has 4 atom stereocenters. The SMILES string of the molecule is CSCCC(N)C(=O)NC(Cc1ccccc1)C(=O)NC(CCC(N)=O)C(=O)NC(Cc1ccc(O)cc1)C(=O)O. The average Bonchev–Trinajstić information content (AvgIpc) is 2.94. The number of carbonyl (C=O) groups is 5. The number of benzene rings is 2. The van der Waals surface area contributed by atoms with Crippen LogP contribution >= 0.6 is 11.8 Å². The van der Waals surface area contributed by atoms with E-state index in [0.717, 1.165) is 5.56 Å². The number of rotatable bonds is 17. The molecule has 222 valence electrons. The van der Waals surface area contributed by atoms with Crippen molar-refractivity contribution in [3.63, 3.8) is 0 Å². The summed E-state index contributed by atoms with van der Waals surface area (Å²) in [5.74, 6) is -3.48. The zero-order valence-electron chi connectivity index (χ0n) is 22.7. The van der Waals surface area contributed by atoms with Gasteiger partial charge in [-0.3, -0.25) is 19.2 Å². The Balaban J connectivity index is 2.23. The first-order chi connectivity index (χ1) is 19.5. The van der Waals surface area contributed by atoms with Gasteiger partial charge in [0.1, 0.15) is 23.9 Å². The van der Waals surface area contributed by atoms with E-state index < -0.39 is 53.8 Å². The van der Waals surface area contributed by atoms with Crippen LogP contribution in [0, 0.1) is 0 Å². The Morgan fingerprint density at radius 1 is 0.780 bits per heavy atom. The average molecular weight is 588 g/mol. The van der Waals surface area contributed by atoms with Crippen LogP contribution in [0.15, 0.2) is 54.6 Å². The lowest BCUT2D eigenvalue weighted by molar-refractivity contribution is -0.142. The van der Waals surface area contributed by atoms with Crippen LogP contribution in [0.1, 0.15) is 30.4 Å².